The third kappa shape index (κ3) is 4.17. The Balaban J connectivity index is 1.57. The Morgan fingerprint density at radius 2 is 2.20 bits per heavy atom. The molecular weight excluding hydrogens is 321 g/mol. The summed E-state index contributed by atoms with van der Waals surface area (Å²) in [6.45, 7) is 2.44. The molecule has 2 N–H and O–H groups in total. The van der Waals surface area contributed by atoms with Crippen LogP contribution in [0.3, 0.4) is 0 Å². The van der Waals surface area contributed by atoms with E-state index in [0.717, 1.165) is 43.1 Å². The van der Waals surface area contributed by atoms with Gasteiger partial charge in [-0.05, 0) is 30.5 Å². The summed E-state index contributed by atoms with van der Waals surface area (Å²) in [5.74, 6) is 1.70. The molecule has 25 heavy (non-hydrogen) atoms. The van der Waals surface area contributed by atoms with E-state index >= 15 is 0 Å². The zero-order valence-corrected chi connectivity index (χ0v) is 14.6. The lowest BCUT2D eigenvalue weighted by Crippen LogP contribution is -2.38. The van der Waals surface area contributed by atoms with E-state index in [1.165, 1.54) is 13.2 Å². The van der Waals surface area contributed by atoms with Gasteiger partial charge in [0.15, 0.2) is 11.6 Å². The maximum absolute atomic E-state index is 13.8. The molecule has 7 heteroatoms. The molecule has 0 saturated carbocycles. The maximum atomic E-state index is 13.8. The van der Waals surface area contributed by atoms with Crippen LogP contribution in [0, 0.1) is 5.82 Å². The molecule has 134 valence electrons. The maximum Gasteiger partial charge on any atom is 0.165 e. The number of hydrogen-bond donors (Lipinski definition) is 2. The Hall–Kier alpha value is -2.41. The normalized spacial score (nSPS) is 16.9. The predicted octanol–water partition coefficient (Wildman–Crippen LogP) is 2.42. The van der Waals surface area contributed by atoms with Gasteiger partial charge in [-0.15, -0.1) is 0 Å². The van der Waals surface area contributed by atoms with Crippen molar-refractivity contribution in [2.45, 2.75) is 25.4 Å². The molecule has 0 spiro atoms. The van der Waals surface area contributed by atoms with Gasteiger partial charge >= 0.3 is 0 Å². The molecule has 1 atom stereocenters. The molecule has 0 radical (unpaired) electrons. The smallest absolute Gasteiger partial charge is 0.165 e. The van der Waals surface area contributed by atoms with Gasteiger partial charge in [-0.2, -0.15) is 0 Å². The Bertz CT molecular complexity index is 712. The number of hydrogen-bond acceptors (Lipinski definition) is 6. The van der Waals surface area contributed by atoms with Crippen LogP contribution in [0.15, 0.2) is 30.6 Å². The van der Waals surface area contributed by atoms with Gasteiger partial charge in [-0.1, -0.05) is 6.07 Å². The molecule has 1 saturated heterocycles. The van der Waals surface area contributed by atoms with Crippen molar-refractivity contribution >= 4 is 11.6 Å². The number of methoxy groups -OCH3 is 1. The summed E-state index contributed by atoms with van der Waals surface area (Å²) < 4.78 is 18.7. The fourth-order valence-electron chi connectivity index (χ4n) is 3.19. The predicted molar refractivity (Wildman–Crippen MR) is 96.6 cm³/mol. The Morgan fingerprint density at radius 1 is 1.32 bits per heavy atom. The first-order valence-corrected chi connectivity index (χ1v) is 8.51. The van der Waals surface area contributed by atoms with Crippen molar-refractivity contribution in [1.29, 1.82) is 0 Å². The van der Waals surface area contributed by atoms with Crippen molar-refractivity contribution in [3.05, 3.63) is 42.0 Å². The Kier molecular flexibility index (Phi) is 5.65. The monoisotopic (exact) mass is 345 g/mol. The lowest BCUT2D eigenvalue weighted by atomic mass is 10.2. The second-order valence-electron chi connectivity index (χ2n) is 6.10. The van der Waals surface area contributed by atoms with E-state index in [1.807, 2.05) is 19.2 Å². The lowest BCUT2D eigenvalue weighted by Gasteiger charge is -2.26. The van der Waals surface area contributed by atoms with Crippen LogP contribution in [0.5, 0.6) is 5.75 Å². The van der Waals surface area contributed by atoms with Crippen LogP contribution in [0.4, 0.5) is 16.0 Å². The van der Waals surface area contributed by atoms with Crippen LogP contribution < -0.4 is 20.3 Å². The van der Waals surface area contributed by atoms with Gasteiger partial charge in [0, 0.05) is 38.8 Å². The summed E-state index contributed by atoms with van der Waals surface area (Å²) in [5, 5.41) is 6.47. The summed E-state index contributed by atoms with van der Waals surface area (Å²) in [6.07, 6.45) is 3.84. The topological polar surface area (TPSA) is 62.3 Å². The first-order chi connectivity index (χ1) is 12.2. The van der Waals surface area contributed by atoms with Gasteiger partial charge < -0.3 is 20.3 Å². The average molecular weight is 345 g/mol. The highest BCUT2D eigenvalue weighted by atomic mass is 19.1. The van der Waals surface area contributed by atoms with Gasteiger partial charge in [-0.3, -0.25) is 0 Å². The minimum atomic E-state index is -0.329. The molecule has 2 aromatic rings. The van der Waals surface area contributed by atoms with Gasteiger partial charge in [-0.25, -0.2) is 14.4 Å². The van der Waals surface area contributed by atoms with Gasteiger partial charge in [0.2, 0.25) is 0 Å². The number of aromatic nitrogens is 2. The first-order valence-electron chi connectivity index (χ1n) is 8.51. The number of nitrogens with one attached hydrogen (secondary N) is 2. The van der Waals surface area contributed by atoms with E-state index in [0.29, 0.717) is 12.6 Å². The van der Waals surface area contributed by atoms with Crippen molar-refractivity contribution in [2.24, 2.45) is 0 Å². The third-order valence-corrected chi connectivity index (χ3v) is 4.51. The van der Waals surface area contributed by atoms with E-state index in [2.05, 4.69) is 25.5 Å². The molecule has 0 amide bonds. The van der Waals surface area contributed by atoms with Crippen molar-refractivity contribution in [1.82, 2.24) is 15.3 Å². The molecule has 1 aromatic carbocycles. The molecule has 1 aliphatic heterocycles. The second kappa shape index (κ2) is 8.11. The molecule has 1 aliphatic rings. The minimum absolute atomic E-state index is 0.273. The molecule has 6 nitrogen and oxygen atoms in total. The quantitative estimate of drug-likeness (QED) is 0.804. The number of ether oxygens (including phenoxy) is 1. The largest absolute Gasteiger partial charge is 0.494 e. The van der Waals surface area contributed by atoms with Crippen LogP contribution in [0.25, 0.3) is 0 Å². The molecule has 3 rings (SSSR count). The van der Waals surface area contributed by atoms with Crippen molar-refractivity contribution in [2.75, 3.05) is 37.5 Å². The number of halogens is 1. The molecule has 1 aromatic heterocycles. The number of anilines is 2. The fourth-order valence-corrected chi connectivity index (χ4v) is 3.19. The van der Waals surface area contributed by atoms with E-state index in [1.54, 1.807) is 12.4 Å². The highest BCUT2D eigenvalue weighted by Gasteiger charge is 2.25. The van der Waals surface area contributed by atoms with Crippen LogP contribution in [-0.2, 0) is 6.54 Å². The summed E-state index contributed by atoms with van der Waals surface area (Å²) in [5.41, 5.74) is 0.905. The number of rotatable bonds is 7. The number of nitrogens with zero attached hydrogens (tertiary/aromatic N) is 3. The zero-order valence-electron chi connectivity index (χ0n) is 14.6. The molecule has 1 fully saturated rings. The van der Waals surface area contributed by atoms with Crippen LogP contribution >= 0.6 is 0 Å². The van der Waals surface area contributed by atoms with E-state index in [9.17, 15) is 4.39 Å². The van der Waals surface area contributed by atoms with E-state index in [4.69, 9.17) is 4.74 Å². The second-order valence-corrected chi connectivity index (χ2v) is 6.10. The van der Waals surface area contributed by atoms with Crippen molar-refractivity contribution in [3.63, 3.8) is 0 Å². The average Bonchev–Trinajstić information content (AvgIpc) is 3.10. The SMILES string of the molecule is CNc1cc(N2CCCC2CNCc2ccc(OC)c(F)c2)ncn1. The highest BCUT2D eigenvalue weighted by Crippen LogP contribution is 2.24. The van der Waals surface area contributed by atoms with E-state index < -0.39 is 0 Å². The zero-order chi connectivity index (χ0) is 17.6. The number of benzene rings is 1. The van der Waals surface area contributed by atoms with Crippen LogP contribution in [0.1, 0.15) is 18.4 Å². The summed E-state index contributed by atoms with van der Waals surface area (Å²) in [7, 11) is 3.32. The molecular formula is C18H24FN5O. The van der Waals surface area contributed by atoms with Crippen LogP contribution in [-0.4, -0.2) is 43.3 Å². The lowest BCUT2D eigenvalue weighted by molar-refractivity contribution is 0.386. The fraction of sp³-hybridized carbons (Fsp3) is 0.444. The van der Waals surface area contributed by atoms with Crippen molar-refractivity contribution < 1.29 is 9.13 Å². The Morgan fingerprint density at radius 3 is 2.96 bits per heavy atom. The molecule has 0 aliphatic carbocycles. The van der Waals surface area contributed by atoms with Gasteiger partial charge in [0.05, 0.1) is 7.11 Å². The standard InChI is InChI=1S/C18H24FN5O/c1-20-17-9-18(23-12-22-17)24-7-3-4-14(24)11-21-10-13-5-6-16(25-2)15(19)8-13/h5-6,8-9,12,14,21H,3-4,7,10-11H2,1-2H3,(H,20,22,23). The molecule has 2 heterocycles. The van der Waals surface area contributed by atoms with Gasteiger partial charge in [0.1, 0.15) is 18.0 Å². The summed E-state index contributed by atoms with van der Waals surface area (Å²) in [6, 6.07) is 7.40. The Labute approximate surface area is 147 Å². The van der Waals surface area contributed by atoms with Crippen LogP contribution in [0.2, 0.25) is 0 Å². The highest BCUT2D eigenvalue weighted by molar-refractivity contribution is 5.49. The summed E-state index contributed by atoms with van der Waals surface area (Å²) in [4.78, 5) is 10.9. The van der Waals surface area contributed by atoms with Crippen molar-refractivity contribution in [3.8, 4) is 5.75 Å². The summed E-state index contributed by atoms with van der Waals surface area (Å²) >= 11 is 0. The minimum Gasteiger partial charge on any atom is -0.494 e. The van der Waals surface area contributed by atoms with E-state index in [-0.39, 0.29) is 11.6 Å². The first kappa shape index (κ1) is 17.4. The van der Waals surface area contributed by atoms with Gasteiger partial charge in [0.25, 0.3) is 0 Å². The molecule has 1 unspecified atom stereocenters. The molecule has 0 bridgehead atoms. The third-order valence-electron chi connectivity index (χ3n) is 4.51.